The predicted molar refractivity (Wildman–Crippen MR) is 92.4 cm³/mol. The zero-order valence-corrected chi connectivity index (χ0v) is 15.1. The molecule has 0 saturated carbocycles. The van der Waals surface area contributed by atoms with Crippen molar-refractivity contribution in [3.63, 3.8) is 0 Å². The minimum atomic E-state index is -3.75. The SMILES string of the molecule is C[C@@H](NS(=O)(=O)c1ccc(C(=O)NC(C)(C)CO)cc1)c1ncc[nH]1. The van der Waals surface area contributed by atoms with E-state index in [2.05, 4.69) is 20.0 Å². The van der Waals surface area contributed by atoms with Crippen molar-refractivity contribution in [3.05, 3.63) is 48.0 Å². The van der Waals surface area contributed by atoms with Crippen LogP contribution in [0.4, 0.5) is 0 Å². The third-order valence-corrected chi connectivity index (χ3v) is 5.09. The van der Waals surface area contributed by atoms with Gasteiger partial charge in [0.15, 0.2) is 0 Å². The Bertz CT molecular complexity index is 814. The van der Waals surface area contributed by atoms with E-state index in [1.54, 1.807) is 33.2 Å². The van der Waals surface area contributed by atoms with Gasteiger partial charge in [-0.1, -0.05) is 0 Å². The van der Waals surface area contributed by atoms with Crippen LogP contribution in [0.1, 0.15) is 43.0 Å². The Kier molecular flexibility index (Phi) is 5.61. The number of benzene rings is 1. The third-order valence-electron chi connectivity index (χ3n) is 3.54. The number of aromatic amines is 1. The molecule has 0 radical (unpaired) electrons. The fourth-order valence-electron chi connectivity index (χ4n) is 2.08. The van der Waals surface area contributed by atoms with Crippen LogP contribution in [0, 0.1) is 0 Å². The van der Waals surface area contributed by atoms with Crippen molar-refractivity contribution in [2.24, 2.45) is 0 Å². The van der Waals surface area contributed by atoms with Gasteiger partial charge in [0.1, 0.15) is 5.82 Å². The number of amides is 1. The number of rotatable bonds is 7. The number of carbonyl (C=O) groups is 1. The molecule has 0 spiro atoms. The number of nitrogens with zero attached hydrogens (tertiary/aromatic N) is 1. The van der Waals surface area contributed by atoms with Gasteiger partial charge in [-0.25, -0.2) is 18.1 Å². The Balaban J connectivity index is 2.11. The monoisotopic (exact) mass is 366 g/mol. The molecule has 1 amide bonds. The van der Waals surface area contributed by atoms with Gasteiger partial charge < -0.3 is 15.4 Å². The van der Waals surface area contributed by atoms with Gasteiger partial charge in [-0.3, -0.25) is 4.79 Å². The quantitative estimate of drug-likeness (QED) is 0.581. The number of aliphatic hydroxyl groups is 1. The van der Waals surface area contributed by atoms with Gasteiger partial charge in [-0.2, -0.15) is 0 Å². The molecule has 1 aromatic heterocycles. The van der Waals surface area contributed by atoms with Crippen LogP contribution < -0.4 is 10.0 Å². The zero-order chi connectivity index (χ0) is 18.7. The van der Waals surface area contributed by atoms with Crippen molar-refractivity contribution in [1.82, 2.24) is 20.0 Å². The molecule has 0 bridgehead atoms. The lowest BCUT2D eigenvalue weighted by atomic mass is 10.1. The Labute approximate surface area is 146 Å². The first-order valence-corrected chi connectivity index (χ1v) is 9.18. The van der Waals surface area contributed by atoms with Gasteiger partial charge >= 0.3 is 0 Å². The van der Waals surface area contributed by atoms with E-state index in [1.807, 2.05) is 0 Å². The van der Waals surface area contributed by atoms with E-state index in [1.165, 1.54) is 24.3 Å². The summed E-state index contributed by atoms with van der Waals surface area (Å²) >= 11 is 0. The zero-order valence-electron chi connectivity index (χ0n) is 14.3. The molecule has 1 heterocycles. The molecule has 136 valence electrons. The number of aromatic nitrogens is 2. The summed E-state index contributed by atoms with van der Waals surface area (Å²) in [5.74, 6) is 0.116. The fourth-order valence-corrected chi connectivity index (χ4v) is 3.28. The largest absolute Gasteiger partial charge is 0.394 e. The molecule has 2 aromatic rings. The molecule has 9 heteroatoms. The second-order valence-electron chi connectivity index (χ2n) is 6.34. The highest BCUT2D eigenvalue weighted by Gasteiger charge is 2.22. The number of carbonyl (C=O) groups excluding carboxylic acids is 1. The average molecular weight is 366 g/mol. The van der Waals surface area contributed by atoms with E-state index in [-0.39, 0.29) is 17.4 Å². The normalized spacial score (nSPS) is 13.4. The molecular formula is C16H22N4O4S. The lowest BCUT2D eigenvalue weighted by molar-refractivity contribution is 0.0869. The maximum absolute atomic E-state index is 12.4. The van der Waals surface area contributed by atoms with Crippen molar-refractivity contribution in [2.45, 2.75) is 37.2 Å². The molecule has 8 nitrogen and oxygen atoms in total. The molecule has 4 N–H and O–H groups in total. The van der Waals surface area contributed by atoms with Crippen LogP contribution in [0.3, 0.4) is 0 Å². The van der Waals surface area contributed by atoms with Gasteiger partial charge in [0.05, 0.1) is 23.1 Å². The summed E-state index contributed by atoms with van der Waals surface area (Å²) in [5, 5.41) is 11.9. The van der Waals surface area contributed by atoms with Crippen LogP contribution in [0.5, 0.6) is 0 Å². The first-order chi connectivity index (χ1) is 11.6. The lowest BCUT2D eigenvalue weighted by Gasteiger charge is -2.23. The maximum atomic E-state index is 12.4. The van der Waals surface area contributed by atoms with Crippen molar-refractivity contribution >= 4 is 15.9 Å². The van der Waals surface area contributed by atoms with Crippen molar-refractivity contribution in [3.8, 4) is 0 Å². The van der Waals surface area contributed by atoms with Crippen LogP contribution in [0.25, 0.3) is 0 Å². The molecule has 1 atom stereocenters. The predicted octanol–water partition coefficient (Wildman–Crippen LogP) is 0.950. The Morgan fingerprint density at radius 1 is 1.32 bits per heavy atom. The summed E-state index contributed by atoms with van der Waals surface area (Å²) in [5.41, 5.74) is -0.457. The molecule has 2 rings (SSSR count). The molecule has 0 aliphatic rings. The second kappa shape index (κ2) is 7.34. The van der Waals surface area contributed by atoms with E-state index in [4.69, 9.17) is 0 Å². The summed E-state index contributed by atoms with van der Waals surface area (Å²) in [6, 6.07) is 5.05. The number of hydrogen-bond donors (Lipinski definition) is 4. The third kappa shape index (κ3) is 4.88. The first-order valence-electron chi connectivity index (χ1n) is 7.70. The van der Waals surface area contributed by atoms with Gasteiger partial charge in [-0.05, 0) is 45.0 Å². The van der Waals surface area contributed by atoms with E-state index in [0.29, 0.717) is 11.4 Å². The van der Waals surface area contributed by atoms with Crippen LogP contribution >= 0.6 is 0 Å². The van der Waals surface area contributed by atoms with Crippen LogP contribution in [-0.2, 0) is 10.0 Å². The minimum Gasteiger partial charge on any atom is -0.394 e. The second-order valence-corrected chi connectivity index (χ2v) is 8.05. The summed E-state index contributed by atoms with van der Waals surface area (Å²) in [4.78, 5) is 19.0. The molecular weight excluding hydrogens is 344 g/mol. The Morgan fingerprint density at radius 3 is 2.48 bits per heavy atom. The van der Waals surface area contributed by atoms with E-state index >= 15 is 0 Å². The number of H-pyrrole nitrogens is 1. The summed E-state index contributed by atoms with van der Waals surface area (Å²) in [7, 11) is -3.75. The van der Waals surface area contributed by atoms with Crippen LogP contribution in [-0.4, -0.2) is 41.5 Å². The molecule has 0 aliphatic carbocycles. The highest BCUT2D eigenvalue weighted by molar-refractivity contribution is 7.89. The standard InChI is InChI=1S/C16H22N4O4S/c1-11(14-17-8-9-18-14)20-25(23,24)13-6-4-12(5-7-13)15(22)19-16(2,3)10-21/h4-9,11,20-21H,10H2,1-3H3,(H,17,18)(H,19,22)/t11-/m1/s1. The van der Waals surface area contributed by atoms with Crippen molar-refractivity contribution in [1.29, 1.82) is 0 Å². The Hall–Kier alpha value is -2.23. The summed E-state index contributed by atoms with van der Waals surface area (Å²) in [6.07, 6.45) is 3.16. The summed E-state index contributed by atoms with van der Waals surface area (Å²) in [6.45, 7) is 4.84. The molecule has 0 fully saturated rings. The first kappa shape index (κ1) is 19.1. The van der Waals surface area contributed by atoms with E-state index < -0.39 is 21.6 Å². The maximum Gasteiger partial charge on any atom is 0.251 e. The molecule has 1 aromatic carbocycles. The highest BCUT2D eigenvalue weighted by atomic mass is 32.2. The number of imidazole rings is 1. The number of aliphatic hydroxyl groups excluding tert-OH is 1. The summed E-state index contributed by atoms with van der Waals surface area (Å²) < 4.78 is 27.3. The lowest BCUT2D eigenvalue weighted by Crippen LogP contribution is -2.46. The van der Waals surface area contributed by atoms with Crippen LogP contribution in [0.2, 0.25) is 0 Å². The molecule has 0 unspecified atom stereocenters. The van der Waals surface area contributed by atoms with Crippen LogP contribution in [0.15, 0.2) is 41.6 Å². The van der Waals surface area contributed by atoms with Gasteiger partial charge in [0, 0.05) is 18.0 Å². The number of sulfonamides is 1. The highest BCUT2D eigenvalue weighted by Crippen LogP contribution is 2.15. The van der Waals surface area contributed by atoms with E-state index in [0.717, 1.165) is 0 Å². The van der Waals surface area contributed by atoms with Gasteiger partial charge in [0.2, 0.25) is 10.0 Å². The average Bonchev–Trinajstić information content (AvgIpc) is 3.09. The molecule has 0 aliphatic heterocycles. The van der Waals surface area contributed by atoms with E-state index in [9.17, 15) is 18.3 Å². The molecule has 25 heavy (non-hydrogen) atoms. The van der Waals surface area contributed by atoms with Crippen molar-refractivity contribution < 1.29 is 18.3 Å². The Morgan fingerprint density at radius 2 is 1.96 bits per heavy atom. The minimum absolute atomic E-state index is 0.0453. The topological polar surface area (TPSA) is 124 Å². The molecule has 0 saturated heterocycles. The van der Waals surface area contributed by atoms with Crippen molar-refractivity contribution in [2.75, 3.05) is 6.61 Å². The smallest absolute Gasteiger partial charge is 0.251 e. The number of nitrogens with one attached hydrogen (secondary N) is 3. The number of hydrogen-bond acceptors (Lipinski definition) is 5. The van der Waals surface area contributed by atoms with Gasteiger partial charge in [-0.15, -0.1) is 0 Å². The fraction of sp³-hybridized carbons (Fsp3) is 0.375. The van der Waals surface area contributed by atoms with Gasteiger partial charge in [0.25, 0.3) is 5.91 Å².